The number of anilines is 1. The van der Waals surface area contributed by atoms with Crippen LogP contribution in [0.1, 0.15) is 25.0 Å². The first-order chi connectivity index (χ1) is 14.9. The molecule has 5 rings (SSSR count). The first kappa shape index (κ1) is 19.7. The van der Waals surface area contributed by atoms with Crippen LogP contribution in [0.3, 0.4) is 0 Å². The molecule has 0 aromatic heterocycles. The SMILES string of the molecule is C=C(C)CN1C(=O)[C@]2(N[C@@H](C)[C@@H]3C(=O)N(Cc4ccccc4)C(=O)[C@H]32)c2ccccc21. The number of benzene rings is 2. The highest BCUT2D eigenvalue weighted by Gasteiger charge is 2.70. The summed E-state index contributed by atoms with van der Waals surface area (Å²) in [7, 11) is 0. The van der Waals surface area contributed by atoms with Gasteiger partial charge in [0.2, 0.25) is 11.8 Å². The van der Waals surface area contributed by atoms with Gasteiger partial charge in [0.15, 0.2) is 0 Å². The molecule has 6 heteroatoms. The van der Waals surface area contributed by atoms with Gasteiger partial charge in [-0.1, -0.05) is 60.7 Å². The maximum absolute atomic E-state index is 13.9. The topological polar surface area (TPSA) is 69.7 Å². The molecule has 0 radical (unpaired) electrons. The van der Waals surface area contributed by atoms with Gasteiger partial charge in [0, 0.05) is 23.8 Å². The second-order valence-electron chi connectivity index (χ2n) is 8.86. The maximum atomic E-state index is 13.9. The number of likely N-dealkylation sites (tertiary alicyclic amines) is 1. The Kier molecular flexibility index (Phi) is 4.38. The second-order valence-corrected chi connectivity index (χ2v) is 8.86. The number of nitrogens with zero attached hydrogens (tertiary/aromatic N) is 2. The summed E-state index contributed by atoms with van der Waals surface area (Å²) in [6.07, 6.45) is 0. The van der Waals surface area contributed by atoms with E-state index >= 15 is 0 Å². The molecular formula is C25H25N3O3. The lowest BCUT2D eigenvalue weighted by atomic mass is 9.76. The van der Waals surface area contributed by atoms with E-state index in [9.17, 15) is 14.4 Å². The van der Waals surface area contributed by atoms with Crippen LogP contribution in [-0.4, -0.2) is 35.2 Å². The van der Waals surface area contributed by atoms with Crippen LogP contribution >= 0.6 is 0 Å². The van der Waals surface area contributed by atoms with Gasteiger partial charge in [-0.3, -0.25) is 24.6 Å². The van der Waals surface area contributed by atoms with E-state index in [1.165, 1.54) is 4.90 Å². The molecule has 2 aromatic carbocycles. The number of rotatable bonds is 4. The summed E-state index contributed by atoms with van der Waals surface area (Å²) < 4.78 is 0. The van der Waals surface area contributed by atoms with E-state index in [0.717, 1.165) is 22.4 Å². The first-order valence-corrected chi connectivity index (χ1v) is 10.6. The molecule has 0 bridgehead atoms. The average Bonchev–Trinajstić information content (AvgIpc) is 3.29. The van der Waals surface area contributed by atoms with E-state index in [4.69, 9.17) is 0 Å². The normalized spacial score (nSPS) is 29.1. The minimum atomic E-state index is -1.23. The molecule has 1 N–H and O–H groups in total. The highest BCUT2D eigenvalue weighted by molar-refractivity contribution is 6.16. The fraction of sp³-hybridized carbons (Fsp3) is 0.320. The molecule has 1 spiro atoms. The van der Waals surface area contributed by atoms with Gasteiger partial charge < -0.3 is 4.90 Å². The van der Waals surface area contributed by atoms with Crippen molar-refractivity contribution < 1.29 is 14.4 Å². The first-order valence-electron chi connectivity index (χ1n) is 10.6. The summed E-state index contributed by atoms with van der Waals surface area (Å²) in [6.45, 7) is 8.33. The van der Waals surface area contributed by atoms with E-state index in [1.807, 2.05) is 68.4 Å². The third-order valence-electron chi connectivity index (χ3n) is 6.72. The molecule has 3 aliphatic rings. The number of hydrogen-bond acceptors (Lipinski definition) is 4. The van der Waals surface area contributed by atoms with Gasteiger partial charge >= 0.3 is 0 Å². The number of hydrogen-bond donors (Lipinski definition) is 1. The van der Waals surface area contributed by atoms with Crippen LogP contribution in [0.2, 0.25) is 0 Å². The van der Waals surface area contributed by atoms with Crippen molar-refractivity contribution in [3.8, 4) is 0 Å². The zero-order valence-electron chi connectivity index (χ0n) is 17.7. The molecule has 3 aliphatic heterocycles. The van der Waals surface area contributed by atoms with Crippen molar-refractivity contribution in [3.63, 3.8) is 0 Å². The summed E-state index contributed by atoms with van der Waals surface area (Å²) in [5.41, 5.74) is 2.05. The smallest absolute Gasteiger partial charge is 0.253 e. The molecule has 31 heavy (non-hydrogen) atoms. The second kappa shape index (κ2) is 6.89. The van der Waals surface area contributed by atoms with Crippen LogP contribution in [0.15, 0.2) is 66.7 Å². The van der Waals surface area contributed by atoms with Crippen molar-refractivity contribution in [3.05, 3.63) is 77.9 Å². The van der Waals surface area contributed by atoms with Gasteiger partial charge in [-0.15, -0.1) is 0 Å². The Labute approximate surface area is 181 Å². The van der Waals surface area contributed by atoms with E-state index in [1.54, 1.807) is 4.90 Å². The summed E-state index contributed by atoms with van der Waals surface area (Å²) in [5, 5.41) is 3.40. The lowest BCUT2D eigenvalue weighted by Gasteiger charge is -2.30. The predicted octanol–water partition coefficient (Wildman–Crippen LogP) is 2.60. The molecule has 0 aliphatic carbocycles. The maximum Gasteiger partial charge on any atom is 0.253 e. The third-order valence-corrected chi connectivity index (χ3v) is 6.72. The van der Waals surface area contributed by atoms with E-state index in [-0.39, 0.29) is 30.3 Å². The fourth-order valence-electron chi connectivity index (χ4n) is 5.52. The summed E-state index contributed by atoms with van der Waals surface area (Å²) in [6, 6.07) is 16.7. The van der Waals surface area contributed by atoms with Crippen molar-refractivity contribution in [2.75, 3.05) is 11.4 Å². The molecule has 2 saturated heterocycles. The Bertz CT molecular complexity index is 1110. The van der Waals surface area contributed by atoms with Crippen molar-refractivity contribution >= 4 is 23.4 Å². The Hall–Kier alpha value is -3.25. The number of carbonyl (C=O) groups excluding carboxylic acids is 3. The lowest BCUT2D eigenvalue weighted by molar-refractivity contribution is -0.143. The largest absolute Gasteiger partial charge is 0.306 e. The van der Waals surface area contributed by atoms with Crippen molar-refractivity contribution in [2.45, 2.75) is 32.0 Å². The van der Waals surface area contributed by atoms with Crippen molar-refractivity contribution in [1.29, 1.82) is 0 Å². The standard InChI is InChI=1S/C25H25N3O3/c1-15(2)13-27-19-12-8-7-11-18(19)25(24(27)31)21-20(16(3)26-25)22(29)28(23(21)30)14-17-9-5-4-6-10-17/h4-12,16,20-21,26H,1,13-14H2,2-3H3/t16-,20-,21-,25-/m0/s1. The van der Waals surface area contributed by atoms with Gasteiger partial charge in [0.1, 0.15) is 5.54 Å². The summed E-state index contributed by atoms with van der Waals surface area (Å²) in [4.78, 5) is 43.9. The molecule has 2 aromatic rings. The molecule has 0 unspecified atom stereocenters. The van der Waals surface area contributed by atoms with E-state index in [2.05, 4.69) is 11.9 Å². The predicted molar refractivity (Wildman–Crippen MR) is 117 cm³/mol. The van der Waals surface area contributed by atoms with Gasteiger partial charge in [-0.05, 0) is 25.5 Å². The minimum Gasteiger partial charge on any atom is -0.306 e. The van der Waals surface area contributed by atoms with Crippen LogP contribution < -0.4 is 10.2 Å². The third kappa shape index (κ3) is 2.64. The minimum absolute atomic E-state index is 0.182. The number of amides is 3. The van der Waals surface area contributed by atoms with Gasteiger partial charge in [-0.25, -0.2) is 0 Å². The summed E-state index contributed by atoms with van der Waals surface area (Å²) >= 11 is 0. The quantitative estimate of drug-likeness (QED) is 0.616. The fourth-order valence-corrected chi connectivity index (χ4v) is 5.52. The molecule has 2 fully saturated rings. The van der Waals surface area contributed by atoms with E-state index < -0.39 is 17.4 Å². The van der Waals surface area contributed by atoms with Crippen LogP contribution in [-0.2, 0) is 26.5 Å². The van der Waals surface area contributed by atoms with Gasteiger partial charge in [-0.2, -0.15) is 0 Å². The van der Waals surface area contributed by atoms with Crippen molar-refractivity contribution in [1.82, 2.24) is 10.2 Å². The molecule has 4 atom stereocenters. The number of carbonyl (C=O) groups is 3. The van der Waals surface area contributed by atoms with Crippen LogP contribution in [0.5, 0.6) is 0 Å². The Balaban J connectivity index is 1.60. The summed E-state index contributed by atoms with van der Waals surface area (Å²) in [5.74, 6) is -2.00. The van der Waals surface area contributed by atoms with Crippen LogP contribution in [0, 0.1) is 11.8 Å². The molecule has 0 saturated carbocycles. The zero-order chi connectivity index (χ0) is 21.9. The Morgan fingerprint density at radius 3 is 2.39 bits per heavy atom. The molecule has 3 amide bonds. The van der Waals surface area contributed by atoms with E-state index in [0.29, 0.717) is 6.54 Å². The molecular weight excluding hydrogens is 390 g/mol. The highest BCUT2D eigenvalue weighted by atomic mass is 16.2. The van der Waals surface area contributed by atoms with Crippen LogP contribution in [0.4, 0.5) is 5.69 Å². The molecule has 6 nitrogen and oxygen atoms in total. The van der Waals surface area contributed by atoms with Gasteiger partial charge in [0.05, 0.1) is 18.4 Å². The Morgan fingerprint density at radius 2 is 1.68 bits per heavy atom. The average molecular weight is 415 g/mol. The number of nitrogens with one attached hydrogen (secondary N) is 1. The number of fused-ring (bicyclic) bond motifs is 4. The highest BCUT2D eigenvalue weighted by Crippen LogP contribution is 2.54. The number of para-hydroxylation sites is 1. The monoisotopic (exact) mass is 415 g/mol. The molecule has 3 heterocycles. The lowest BCUT2D eigenvalue weighted by Crippen LogP contribution is -2.54. The van der Waals surface area contributed by atoms with Gasteiger partial charge in [0.25, 0.3) is 5.91 Å². The van der Waals surface area contributed by atoms with Crippen LogP contribution in [0.25, 0.3) is 0 Å². The van der Waals surface area contributed by atoms with Crippen molar-refractivity contribution in [2.24, 2.45) is 11.8 Å². The zero-order valence-corrected chi connectivity index (χ0v) is 17.7. The Morgan fingerprint density at radius 1 is 1.00 bits per heavy atom. The molecule has 158 valence electrons. The number of imide groups is 1.